The van der Waals surface area contributed by atoms with Crippen LogP contribution < -0.4 is 14.8 Å². The molecule has 2 rings (SSSR count). The van der Waals surface area contributed by atoms with Gasteiger partial charge in [0.15, 0.2) is 0 Å². The van der Waals surface area contributed by atoms with Crippen molar-refractivity contribution < 1.29 is 23.0 Å². The Morgan fingerprint density at radius 1 is 1.45 bits per heavy atom. The van der Waals surface area contributed by atoms with Crippen molar-refractivity contribution in [2.75, 3.05) is 33.5 Å². The van der Waals surface area contributed by atoms with Crippen LogP contribution in [0, 0.1) is 0 Å². The van der Waals surface area contributed by atoms with E-state index >= 15 is 0 Å². The summed E-state index contributed by atoms with van der Waals surface area (Å²) in [6.07, 6.45) is 0. The quantitative estimate of drug-likeness (QED) is 0.663. The summed E-state index contributed by atoms with van der Waals surface area (Å²) in [5.41, 5.74) is -0.808. The number of benzene rings is 1. The van der Waals surface area contributed by atoms with Crippen molar-refractivity contribution in [3.63, 3.8) is 0 Å². The van der Waals surface area contributed by atoms with E-state index in [1.807, 2.05) is 6.92 Å². The van der Waals surface area contributed by atoms with Gasteiger partial charge in [-0.1, -0.05) is 0 Å². The Kier molecular flexibility index (Phi) is 5.41. The summed E-state index contributed by atoms with van der Waals surface area (Å²) >= 11 is 0. The Morgan fingerprint density at radius 2 is 2.14 bits per heavy atom. The molecule has 1 aromatic carbocycles. The zero-order valence-corrected chi connectivity index (χ0v) is 13.5. The Balaban J connectivity index is 2.07. The third-order valence-corrected chi connectivity index (χ3v) is 4.99. The fourth-order valence-electron chi connectivity index (χ4n) is 2.36. The fourth-order valence-corrected chi connectivity index (χ4v) is 3.49. The SMILES string of the molecule is COc1ccc(S(=O)(=O)NC[C@]2(CO)COC[C@@H](C)N2)cc1. The van der Waals surface area contributed by atoms with Gasteiger partial charge in [0.05, 0.1) is 37.4 Å². The van der Waals surface area contributed by atoms with Crippen molar-refractivity contribution in [2.24, 2.45) is 0 Å². The standard InChI is InChI=1S/C14H22N2O5S/c1-11-7-21-10-14(9-17,16-11)8-15-22(18,19)13-5-3-12(20-2)4-6-13/h3-6,11,15-17H,7-10H2,1-2H3/t11-,14+/m1/s1. The average molecular weight is 330 g/mol. The van der Waals surface area contributed by atoms with Crippen LogP contribution in [-0.2, 0) is 14.8 Å². The smallest absolute Gasteiger partial charge is 0.240 e. The first kappa shape index (κ1) is 17.2. The first-order chi connectivity index (χ1) is 10.4. The van der Waals surface area contributed by atoms with Gasteiger partial charge in [0, 0.05) is 12.6 Å². The highest BCUT2D eigenvalue weighted by Gasteiger charge is 2.36. The molecule has 0 spiro atoms. The summed E-state index contributed by atoms with van der Waals surface area (Å²) < 4.78 is 37.6. The highest BCUT2D eigenvalue weighted by molar-refractivity contribution is 7.89. The Labute approximate surface area is 130 Å². The Bertz CT molecular complexity index is 590. The lowest BCUT2D eigenvalue weighted by Gasteiger charge is -2.39. The molecule has 7 nitrogen and oxygen atoms in total. The monoisotopic (exact) mass is 330 g/mol. The van der Waals surface area contributed by atoms with Crippen molar-refractivity contribution >= 4 is 10.0 Å². The maximum absolute atomic E-state index is 12.3. The van der Waals surface area contributed by atoms with Gasteiger partial charge in [0.25, 0.3) is 0 Å². The molecule has 3 N–H and O–H groups in total. The summed E-state index contributed by atoms with van der Waals surface area (Å²) in [6.45, 7) is 2.53. The second kappa shape index (κ2) is 6.93. The lowest BCUT2D eigenvalue weighted by atomic mass is 9.99. The minimum Gasteiger partial charge on any atom is -0.497 e. The van der Waals surface area contributed by atoms with Crippen LogP contribution in [0.1, 0.15) is 6.92 Å². The minimum absolute atomic E-state index is 0.0439. The van der Waals surface area contributed by atoms with Gasteiger partial charge in [-0.05, 0) is 31.2 Å². The van der Waals surface area contributed by atoms with Crippen molar-refractivity contribution in [1.29, 1.82) is 0 Å². The molecule has 124 valence electrons. The Hall–Kier alpha value is -1.19. The number of hydrogen-bond donors (Lipinski definition) is 3. The molecule has 1 aromatic rings. The van der Waals surface area contributed by atoms with Gasteiger partial charge in [-0.2, -0.15) is 0 Å². The van der Waals surface area contributed by atoms with E-state index in [2.05, 4.69) is 10.0 Å². The minimum atomic E-state index is -3.66. The predicted octanol–water partition coefficient (Wildman–Crippen LogP) is -0.287. The summed E-state index contributed by atoms with van der Waals surface area (Å²) in [4.78, 5) is 0.145. The van der Waals surface area contributed by atoms with Crippen LogP contribution in [0.3, 0.4) is 0 Å². The van der Waals surface area contributed by atoms with E-state index in [4.69, 9.17) is 9.47 Å². The first-order valence-electron chi connectivity index (χ1n) is 7.01. The van der Waals surface area contributed by atoms with Crippen LogP contribution in [0.2, 0.25) is 0 Å². The van der Waals surface area contributed by atoms with E-state index < -0.39 is 15.6 Å². The van der Waals surface area contributed by atoms with Crippen LogP contribution >= 0.6 is 0 Å². The second-order valence-corrected chi connectivity index (χ2v) is 7.27. The van der Waals surface area contributed by atoms with E-state index in [-0.39, 0.29) is 30.7 Å². The molecule has 0 aromatic heterocycles. The summed E-state index contributed by atoms with van der Waals surface area (Å²) in [7, 11) is -2.15. The van der Waals surface area contributed by atoms with Gasteiger partial charge in [-0.25, -0.2) is 13.1 Å². The predicted molar refractivity (Wildman–Crippen MR) is 81.4 cm³/mol. The molecule has 1 heterocycles. The number of aliphatic hydroxyl groups is 1. The summed E-state index contributed by atoms with van der Waals surface area (Å²) in [5.74, 6) is 0.585. The molecule has 1 saturated heterocycles. The topological polar surface area (TPSA) is 96.9 Å². The fraction of sp³-hybridized carbons (Fsp3) is 0.571. The second-order valence-electron chi connectivity index (χ2n) is 5.50. The number of methoxy groups -OCH3 is 1. The molecule has 0 radical (unpaired) electrons. The molecule has 2 atom stereocenters. The molecule has 22 heavy (non-hydrogen) atoms. The third-order valence-electron chi connectivity index (χ3n) is 3.57. The van der Waals surface area contributed by atoms with Gasteiger partial charge < -0.3 is 19.9 Å². The van der Waals surface area contributed by atoms with E-state index in [1.165, 1.54) is 19.2 Å². The Morgan fingerprint density at radius 3 is 2.68 bits per heavy atom. The molecule has 0 unspecified atom stereocenters. The molecule has 0 aliphatic carbocycles. The van der Waals surface area contributed by atoms with Gasteiger partial charge in [-0.15, -0.1) is 0 Å². The number of ether oxygens (including phenoxy) is 2. The lowest BCUT2D eigenvalue weighted by Crippen LogP contribution is -2.65. The van der Waals surface area contributed by atoms with Crippen LogP contribution in [0.5, 0.6) is 5.75 Å². The van der Waals surface area contributed by atoms with Crippen molar-refractivity contribution in [2.45, 2.75) is 23.4 Å². The van der Waals surface area contributed by atoms with Gasteiger partial charge >= 0.3 is 0 Å². The van der Waals surface area contributed by atoms with Crippen molar-refractivity contribution in [3.05, 3.63) is 24.3 Å². The third kappa shape index (κ3) is 3.96. The molecule has 1 aliphatic rings. The molecule has 1 aliphatic heterocycles. The highest BCUT2D eigenvalue weighted by atomic mass is 32.2. The largest absolute Gasteiger partial charge is 0.497 e. The normalized spacial score (nSPS) is 25.9. The maximum Gasteiger partial charge on any atom is 0.240 e. The van der Waals surface area contributed by atoms with Crippen LogP contribution in [0.4, 0.5) is 0 Å². The molecule has 8 heteroatoms. The first-order valence-corrected chi connectivity index (χ1v) is 8.49. The molecule has 0 amide bonds. The zero-order chi connectivity index (χ0) is 16.2. The van der Waals surface area contributed by atoms with Gasteiger partial charge in [0.2, 0.25) is 10.0 Å². The molecule has 1 fully saturated rings. The summed E-state index contributed by atoms with van der Waals surface area (Å²) in [6, 6.07) is 6.16. The van der Waals surface area contributed by atoms with Gasteiger partial charge in [-0.3, -0.25) is 0 Å². The average Bonchev–Trinajstić information content (AvgIpc) is 2.53. The van der Waals surface area contributed by atoms with E-state index in [0.29, 0.717) is 12.4 Å². The van der Waals surface area contributed by atoms with E-state index in [9.17, 15) is 13.5 Å². The molecule has 0 bridgehead atoms. The number of rotatable bonds is 6. The van der Waals surface area contributed by atoms with Crippen LogP contribution in [0.25, 0.3) is 0 Å². The molecule has 0 saturated carbocycles. The lowest BCUT2D eigenvalue weighted by molar-refractivity contribution is -0.0190. The van der Waals surface area contributed by atoms with Gasteiger partial charge in [0.1, 0.15) is 5.75 Å². The summed E-state index contributed by atoms with van der Waals surface area (Å²) in [5, 5.41) is 12.8. The van der Waals surface area contributed by atoms with Crippen molar-refractivity contribution in [3.8, 4) is 5.75 Å². The number of hydrogen-bond acceptors (Lipinski definition) is 6. The molecular formula is C14H22N2O5S. The molecular weight excluding hydrogens is 308 g/mol. The number of morpholine rings is 1. The highest BCUT2D eigenvalue weighted by Crippen LogP contribution is 2.17. The van der Waals surface area contributed by atoms with E-state index in [1.54, 1.807) is 12.1 Å². The number of aliphatic hydroxyl groups excluding tert-OH is 1. The van der Waals surface area contributed by atoms with Crippen molar-refractivity contribution in [1.82, 2.24) is 10.0 Å². The van der Waals surface area contributed by atoms with E-state index in [0.717, 1.165) is 0 Å². The van der Waals surface area contributed by atoms with Crippen LogP contribution in [0.15, 0.2) is 29.2 Å². The number of sulfonamides is 1. The zero-order valence-electron chi connectivity index (χ0n) is 12.7. The van der Waals surface area contributed by atoms with Crippen LogP contribution in [-0.4, -0.2) is 58.6 Å². The maximum atomic E-state index is 12.3. The number of nitrogens with one attached hydrogen (secondary N) is 2.